The van der Waals surface area contributed by atoms with E-state index in [2.05, 4.69) is 32.9 Å². The van der Waals surface area contributed by atoms with Gasteiger partial charge in [-0.3, -0.25) is 0 Å². The van der Waals surface area contributed by atoms with Crippen LogP contribution >= 0.6 is 0 Å². The van der Waals surface area contributed by atoms with Crippen molar-refractivity contribution in [1.82, 2.24) is 0 Å². The molecule has 1 N–H and O–H groups in total. The highest BCUT2D eigenvalue weighted by Gasteiger charge is 2.65. The Morgan fingerprint density at radius 3 is 2.57 bits per heavy atom. The van der Waals surface area contributed by atoms with Crippen LogP contribution in [-0.4, -0.2) is 34.1 Å². The first kappa shape index (κ1) is 17.2. The fourth-order valence-electron chi connectivity index (χ4n) is 4.02. The lowest BCUT2D eigenvalue weighted by molar-refractivity contribution is -0.0129. The molecule has 0 aromatic carbocycles. The summed E-state index contributed by atoms with van der Waals surface area (Å²) < 4.78 is 12.0. The third-order valence-electron chi connectivity index (χ3n) is 6.07. The van der Waals surface area contributed by atoms with E-state index in [-0.39, 0.29) is 11.7 Å². The number of rotatable bonds is 1. The molecule has 4 atom stereocenters. The summed E-state index contributed by atoms with van der Waals surface area (Å²) in [6.07, 6.45) is 11.2. The Morgan fingerprint density at radius 1 is 1.13 bits per heavy atom. The largest absolute Gasteiger partial charge is 0.387 e. The molecular weight excluding hydrogens is 288 g/mol. The van der Waals surface area contributed by atoms with E-state index in [1.807, 2.05) is 13.8 Å². The van der Waals surface area contributed by atoms with Crippen molar-refractivity contribution in [3.8, 4) is 0 Å². The van der Waals surface area contributed by atoms with E-state index in [0.717, 1.165) is 38.5 Å². The van der Waals surface area contributed by atoms with Gasteiger partial charge < -0.3 is 14.6 Å². The maximum absolute atomic E-state index is 10.6. The number of aliphatic hydroxyl groups is 1. The van der Waals surface area contributed by atoms with Crippen LogP contribution in [0.15, 0.2) is 23.3 Å². The fraction of sp³-hybridized carbons (Fsp3) is 0.800. The van der Waals surface area contributed by atoms with Crippen molar-refractivity contribution in [3.05, 3.63) is 23.3 Å². The molecule has 0 aromatic heterocycles. The molecule has 0 radical (unpaired) electrons. The average Bonchev–Trinajstić information content (AvgIpc) is 3.30. The molecule has 2 heterocycles. The topological polar surface area (TPSA) is 45.3 Å². The Kier molecular flexibility index (Phi) is 4.27. The van der Waals surface area contributed by atoms with E-state index in [1.54, 1.807) is 0 Å². The maximum Gasteiger partial charge on any atom is 0.127 e. The van der Waals surface area contributed by atoms with E-state index < -0.39 is 11.2 Å². The van der Waals surface area contributed by atoms with E-state index >= 15 is 0 Å². The van der Waals surface area contributed by atoms with E-state index in [4.69, 9.17) is 9.47 Å². The van der Waals surface area contributed by atoms with Crippen molar-refractivity contribution in [1.29, 1.82) is 0 Å². The molecule has 1 aliphatic carbocycles. The first-order valence-corrected chi connectivity index (χ1v) is 9.07. The maximum atomic E-state index is 10.6. The third-order valence-corrected chi connectivity index (χ3v) is 6.07. The van der Waals surface area contributed by atoms with Gasteiger partial charge in [0.2, 0.25) is 0 Å². The Labute approximate surface area is 140 Å². The van der Waals surface area contributed by atoms with Gasteiger partial charge in [0.15, 0.2) is 0 Å². The van der Waals surface area contributed by atoms with Crippen LogP contribution in [0.1, 0.15) is 73.1 Å². The van der Waals surface area contributed by atoms with Crippen molar-refractivity contribution in [3.63, 3.8) is 0 Å². The van der Waals surface area contributed by atoms with Crippen LogP contribution in [-0.2, 0) is 9.47 Å². The van der Waals surface area contributed by atoms with Crippen LogP contribution in [0, 0.1) is 0 Å². The van der Waals surface area contributed by atoms with Crippen molar-refractivity contribution in [2.45, 2.75) is 102 Å². The van der Waals surface area contributed by atoms with Crippen molar-refractivity contribution >= 4 is 0 Å². The normalized spacial score (nSPS) is 46.3. The Bertz CT molecular complexity index is 527. The monoisotopic (exact) mass is 320 g/mol. The van der Waals surface area contributed by atoms with Gasteiger partial charge in [0, 0.05) is 0 Å². The number of hydrogen-bond acceptors (Lipinski definition) is 3. The molecular formula is C20H32O3. The zero-order valence-corrected chi connectivity index (χ0v) is 15.3. The molecule has 0 saturated carbocycles. The number of epoxide rings is 2. The van der Waals surface area contributed by atoms with Gasteiger partial charge >= 0.3 is 0 Å². The zero-order chi connectivity index (χ0) is 16.9. The van der Waals surface area contributed by atoms with Crippen molar-refractivity contribution in [2.75, 3.05) is 0 Å². The summed E-state index contributed by atoms with van der Waals surface area (Å²) in [6, 6.07) is 0. The molecule has 2 saturated heterocycles. The van der Waals surface area contributed by atoms with Crippen LogP contribution in [0.4, 0.5) is 0 Å². The van der Waals surface area contributed by atoms with Gasteiger partial charge in [0.1, 0.15) is 11.7 Å². The quantitative estimate of drug-likeness (QED) is 0.579. The molecule has 130 valence electrons. The molecule has 0 aromatic rings. The molecule has 0 bridgehead atoms. The molecule has 2 fully saturated rings. The minimum absolute atomic E-state index is 0.0299. The summed E-state index contributed by atoms with van der Waals surface area (Å²) in [5, 5.41) is 10.6. The van der Waals surface area contributed by atoms with Crippen LogP contribution < -0.4 is 0 Å². The highest BCUT2D eigenvalue weighted by molar-refractivity contribution is 5.23. The average molecular weight is 320 g/mol. The van der Waals surface area contributed by atoms with E-state index in [9.17, 15) is 5.11 Å². The highest BCUT2D eigenvalue weighted by atomic mass is 16.6. The number of fused-ring (bicyclic) bond motifs is 2. The molecule has 0 amide bonds. The van der Waals surface area contributed by atoms with Crippen LogP contribution in [0.5, 0.6) is 0 Å². The lowest BCUT2D eigenvalue weighted by Crippen LogP contribution is -2.42. The second-order valence-corrected chi connectivity index (χ2v) is 8.55. The Morgan fingerprint density at radius 2 is 1.87 bits per heavy atom. The summed E-state index contributed by atoms with van der Waals surface area (Å²) in [5.41, 5.74) is 1.53. The fourth-order valence-corrected chi connectivity index (χ4v) is 4.02. The second-order valence-electron chi connectivity index (χ2n) is 8.55. The third kappa shape index (κ3) is 3.42. The van der Waals surface area contributed by atoms with Gasteiger partial charge in [-0.25, -0.2) is 0 Å². The van der Waals surface area contributed by atoms with Crippen molar-refractivity contribution in [2.24, 2.45) is 0 Å². The Hall–Kier alpha value is -0.640. The summed E-state index contributed by atoms with van der Waals surface area (Å²) in [5.74, 6) is 0. The first-order valence-electron chi connectivity index (χ1n) is 9.07. The second kappa shape index (κ2) is 5.72. The molecule has 0 spiro atoms. The van der Waals surface area contributed by atoms with Crippen LogP contribution in [0.2, 0.25) is 0 Å². The SMILES string of the molecule is C/C1=C\[C@@H]2O[C@]2(C(C)(C)O)CC[C@]2(C)O[C@H]2CC/C(C)=C/CC1. The minimum atomic E-state index is -0.831. The van der Waals surface area contributed by atoms with Gasteiger partial charge in [0.05, 0.1) is 17.3 Å². The molecule has 0 unspecified atom stereocenters. The van der Waals surface area contributed by atoms with Crippen molar-refractivity contribution < 1.29 is 14.6 Å². The number of ether oxygens (including phenoxy) is 2. The summed E-state index contributed by atoms with van der Waals surface area (Å²) in [4.78, 5) is 0. The number of hydrogen-bond donors (Lipinski definition) is 1. The van der Waals surface area contributed by atoms with Crippen LogP contribution in [0.25, 0.3) is 0 Å². The minimum Gasteiger partial charge on any atom is -0.387 e. The lowest BCUT2D eigenvalue weighted by Gasteiger charge is -2.27. The van der Waals surface area contributed by atoms with Gasteiger partial charge in [-0.1, -0.05) is 23.3 Å². The van der Waals surface area contributed by atoms with Crippen LogP contribution in [0.3, 0.4) is 0 Å². The zero-order valence-electron chi connectivity index (χ0n) is 15.3. The molecule has 23 heavy (non-hydrogen) atoms. The van der Waals surface area contributed by atoms with Gasteiger partial charge in [-0.05, 0) is 73.1 Å². The standard InChI is InChI=1S/C20H32O3/c1-14-7-6-8-15(2)13-17-20(23-17,18(3,4)21)12-11-19(5)16(22-19)10-9-14/h7,13,16-17,21H,6,8-12H2,1-5H3/b14-7+,15-13+/t16-,17-,19-,20+/m0/s1. The van der Waals surface area contributed by atoms with Gasteiger partial charge in [-0.2, -0.15) is 0 Å². The molecule has 3 heteroatoms. The Balaban J connectivity index is 1.79. The smallest absolute Gasteiger partial charge is 0.127 e. The lowest BCUT2D eigenvalue weighted by atomic mass is 9.80. The highest BCUT2D eigenvalue weighted by Crippen LogP contribution is 2.53. The molecule has 3 aliphatic rings. The molecule has 3 rings (SSSR count). The van der Waals surface area contributed by atoms with E-state index in [1.165, 1.54) is 11.1 Å². The number of allylic oxidation sites excluding steroid dienone is 3. The van der Waals surface area contributed by atoms with Gasteiger partial charge in [0.25, 0.3) is 0 Å². The predicted molar refractivity (Wildman–Crippen MR) is 92.4 cm³/mol. The predicted octanol–water partition coefficient (Wildman–Crippen LogP) is 4.30. The summed E-state index contributed by atoms with van der Waals surface area (Å²) in [7, 11) is 0. The van der Waals surface area contributed by atoms with Gasteiger partial charge in [-0.15, -0.1) is 0 Å². The molecule has 2 aliphatic heterocycles. The van der Waals surface area contributed by atoms with E-state index in [0.29, 0.717) is 6.10 Å². The first-order chi connectivity index (χ1) is 10.7. The summed E-state index contributed by atoms with van der Waals surface area (Å²) in [6.45, 7) is 10.4. The molecule has 3 nitrogen and oxygen atoms in total. The summed E-state index contributed by atoms with van der Waals surface area (Å²) >= 11 is 0.